The molecule has 1 saturated heterocycles. The molecule has 1 fully saturated rings. The van der Waals surface area contributed by atoms with E-state index in [1.54, 1.807) is 0 Å². The van der Waals surface area contributed by atoms with Gasteiger partial charge in [-0.2, -0.15) is 65.9 Å². The normalized spacial score (nSPS) is 23.8. The van der Waals surface area contributed by atoms with Gasteiger partial charge in [-0.05, 0) is 0 Å². The molecule has 11 nitrogen and oxygen atoms in total. The summed E-state index contributed by atoms with van der Waals surface area (Å²) in [6.07, 6.45) is -42.6. The Morgan fingerprint density at radius 3 is 1.36 bits per heavy atom. The van der Waals surface area contributed by atoms with Crippen LogP contribution in [0.1, 0.15) is 0 Å². The van der Waals surface area contributed by atoms with E-state index in [1.807, 2.05) is 0 Å². The minimum Gasteiger partial charge on any atom is -0.452 e. The average molecular weight is 660 g/mol. The molecule has 1 heterocycles. The third kappa shape index (κ3) is 9.40. The highest BCUT2D eigenvalue weighted by atomic mass is 19.4. The van der Waals surface area contributed by atoms with E-state index in [0.717, 1.165) is 0 Å². The van der Waals surface area contributed by atoms with Crippen molar-refractivity contribution < 1.29 is 118 Å². The Bertz CT molecular complexity index is 1060. The first-order valence-corrected chi connectivity index (χ1v) is 9.54. The zero-order valence-electron chi connectivity index (χ0n) is 18.8. The molecule has 1 rings (SSSR count). The van der Waals surface area contributed by atoms with Crippen LogP contribution in [0, 0.1) is 0 Å². The number of rotatable bonds is 6. The number of carbonyl (C=O) groups excluding carboxylic acids is 5. The van der Waals surface area contributed by atoms with E-state index in [2.05, 4.69) is 28.4 Å². The van der Waals surface area contributed by atoms with Gasteiger partial charge >= 0.3 is 60.7 Å². The zero-order valence-corrected chi connectivity index (χ0v) is 18.8. The van der Waals surface area contributed by atoms with Crippen LogP contribution in [0.4, 0.5) is 65.9 Å². The molecule has 0 aliphatic carbocycles. The molecule has 42 heavy (non-hydrogen) atoms. The summed E-state index contributed by atoms with van der Waals surface area (Å²) in [6.45, 7) is -5.02. The number of hydrogen-bond acceptors (Lipinski definition) is 11. The van der Waals surface area contributed by atoms with Crippen LogP contribution in [0.3, 0.4) is 0 Å². The van der Waals surface area contributed by atoms with Crippen LogP contribution in [0.5, 0.6) is 0 Å². The molecule has 0 spiro atoms. The summed E-state index contributed by atoms with van der Waals surface area (Å²) < 4.78 is 213. The largest absolute Gasteiger partial charge is 0.491 e. The summed E-state index contributed by atoms with van der Waals surface area (Å²) in [4.78, 5) is 56.4. The number of alkyl halides is 15. The molecule has 1 aliphatic heterocycles. The molecule has 0 aromatic heterocycles. The van der Waals surface area contributed by atoms with E-state index >= 15 is 0 Å². The number of ether oxygens (including phenoxy) is 6. The first-order chi connectivity index (χ1) is 18.5. The molecule has 0 saturated carbocycles. The second kappa shape index (κ2) is 11.9. The molecular weight excluding hydrogens is 653 g/mol. The highest BCUT2D eigenvalue weighted by molar-refractivity contribution is 5.79. The van der Waals surface area contributed by atoms with Crippen molar-refractivity contribution in [2.75, 3.05) is 13.2 Å². The lowest BCUT2D eigenvalue weighted by Gasteiger charge is -2.46. The summed E-state index contributed by atoms with van der Waals surface area (Å²) in [5, 5.41) is 0. The molecule has 1 aliphatic rings. The molecule has 1 unspecified atom stereocenters. The molecule has 26 heteroatoms. The molecule has 0 N–H and O–H groups in total. The van der Waals surface area contributed by atoms with Gasteiger partial charge in [0, 0.05) is 0 Å². The van der Waals surface area contributed by atoms with Crippen molar-refractivity contribution in [3.05, 3.63) is 0 Å². The lowest BCUT2D eigenvalue weighted by Crippen LogP contribution is -2.69. The molecule has 4 atom stereocenters. The minimum absolute atomic E-state index is 2.23. The van der Waals surface area contributed by atoms with Crippen LogP contribution in [0.2, 0.25) is 0 Å². The van der Waals surface area contributed by atoms with Gasteiger partial charge in [0.1, 0.15) is 0 Å². The average Bonchev–Trinajstić information content (AvgIpc) is 2.77. The van der Waals surface area contributed by atoms with Crippen molar-refractivity contribution in [2.45, 2.75) is 55.0 Å². The predicted octanol–water partition coefficient (Wildman–Crippen LogP) is 2.35. The fourth-order valence-electron chi connectivity index (χ4n) is 2.52. The Morgan fingerprint density at radius 1 is 0.571 bits per heavy atom. The maximum atomic E-state index is 12.9. The molecule has 0 amide bonds. The van der Waals surface area contributed by atoms with Gasteiger partial charge in [-0.25, -0.2) is 24.0 Å². The quantitative estimate of drug-likeness (QED) is 0.236. The number of carbonyl (C=O) groups is 5. The van der Waals surface area contributed by atoms with Gasteiger partial charge in [0.05, 0.1) is 6.61 Å². The van der Waals surface area contributed by atoms with E-state index in [0.29, 0.717) is 0 Å². The highest BCUT2D eigenvalue weighted by Crippen LogP contribution is 2.38. The first-order valence-electron chi connectivity index (χ1n) is 9.54. The SMILES string of the molecule is O=C(OCC1(OC(=O)C(F)(F)F)OC[C@@H](OC(=O)C(F)(F)F)[C@@H](OC(=O)C(F)(F)F)[C@@H]1OC(=O)C(F)(F)F)C(F)(F)F. The van der Waals surface area contributed by atoms with Gasteiger partial charge in [-0.1, -0.05) is 0 Å². The molecule has 0 bridgehead atoms. The third-order valence-electron chi connectivity index (χ3n) is 4.15. The van der Waals surface area contributed by atoms with Crippen molar-refractivity contribution >= 4 is 29.8 Å². The Morgan fingerprint density at radius 2 is 0.952 bits per heavy atom. The summed E-state index contributed by atoms with van der Waals surface area (Å²) in [5.74, 6) is -22.7. The summed E-state index contributed by atoms with van der Waals surface area (Å²) in [6, 6.07) is 0. The Hall–Kier alpha value is -3.74. The minimum atomic E-state index is -6.36. The number of esters is 5. The van der Waals surface area contributed by atoms with Gasteiger partial charge in [0.15, 0.2) is 18.8 Å². The Labute approximate surface area is 217 Å². The second-order valence-corrected chi connectivity index (χ2v) is 7.22. The van der Waals surface area contributed by atoms with Crippen LogP contribution < -0.4 is 0 Å². The number of halogens is 15. The van der Waals surface area contributed by atoms with Crippen LogP contribution in [0.15, 0.2) is 0 Å². The van der Waals surface area contributed by atoms with E-state index in [9.17, 15) is 89.8 Å². The summed E-state index contributed by atoms with van der Waals surface area (Å²) in [5.41, 5.74) is 0. The van der Waals surface area contributed by atoms with Crippen molar-refractivity contribution in [3.8, 4) is 0 Å². The van der Waals surface area contributed by atoms with Crippen molar-refractivity contribution in [1.29, 1.82) is 0 Å². The molecule has 0 radical (unpaired) electrons. The van der Waals surface area contributed by atoms with Crippen molar-refractivity contribution in [1.82, 2.24) is 0 Å². The van der Waals surface area contributed by atoms with Gasteiger partial charge in [-0.3, -0.25) is 0 Å². The zero-order chi connectivity index (χ0) is 33.3. The van der Waals surface area contributed by atoms with Crippen LogP contribution in [-0.4, -0.2) is 98.0 Å². The van der Waals surface area contributed by atoms with Crippen LogP contribution >= 0.6 is 0 Å². The Kier molecular flexibility index (Phi) is 10.2. The number of hydrogen-bond donors (Lipinski definition) is 0. The topological polar surface area (TPSA) is 141 Å². The fraction of sp³-hybridized carbons (Fsp3) is 0.688. The third-order valence-corrected chi connectivity index (χ3v) is 4.15. The lowest BCUT2D eigenvalue weighted by molar-refractivity contribution is -0.355. The summed E-state index contributed by atoms with van der Waals surface area (Å²) >= 11 is 0. The molecular formula is C16H7F15O11. The van der Waals surface area contributed by atoms with E-state index < -0.39 is 98.0 Å². The lowest BCUT2D eigenvalue weighted by atomic mass is 9.96. The summed E-state index contributed by atoms with van der Waals surface area (Å²) in [7, 11) is 0. The van der Waals surface area contributed by atoms with Gasteiger partial charge in [0.2, 0.25) is 6.10 Å². The van der Waals surface area contributed by atoms with Crippen LogP contribution in [-0.2, 0) is 52.4 Å². The highest BCUT2D eigenvalue weighted by Gasteiger charge is 2.65. The second-order valence-electron chi connectivity index (χ2n) is 7.22. The van der Waals surface area contributed by atoms with Crippen molar-refractivity contribution in [3.63, 3.8) is 0 Å². The monoisotopic (exact) mass is 660 g/mol. The van der Waals surface area contributed by atoms with Gasteiger partial charge in [0.25, 0.3) is 5.79 Å². The predicted molar refractivity (Wildman–Crippen MR) is 85.6 cm³/mol. The first kappa shape index (κ1) is 36.3. The standard InChI is InChI=1S/C16H7F15O11/c17-12(18,19)6(32)37-2-11(42-10(36)16(29,30)31)5(41-9(35)15(26,27)28)4(40-8(34)14(23,24)25)3(1-38-11)39-7(33)13(20,21)22/h3-5H,1-2H2/t3-,4-,5+,11?/m1/s1. The molecule has 242 valence electrons. The van der Waals surface area contributed by atoms with E-state index in [4.69, 9.17) is 0 Å². The van der Waals surface area contributed by atoms with E-state index in [-0.39, 0.29) is 0 Å². The van der Waals surface area contributed by atoms with Gasteiger partial charge in [-0.15, -0.1) is 0 Å². The fourth-order valence-corrected chi connectivity index (χ4v) is 2.52. The van der Waals surface area contributed by atoms with Crippen molar-refractivity contribution in [2.24, 2.45) is 0 Å². The maximum Gasteiger partial charge on any atom is 0.491 e. The molecule has 0 aromatic rings. The van der Waals surface area contributed by atoms with Crippen LogP contribution in [0.25, 0.3) is 0 Å². The van der Waals surface area contributed by atoms with Gasteiger partial charge < -0.3 is 28.4 Å². The Balaban J connectivity index is 3.91. The maximum absolute atomic E-state index is 12.9. The van der Waals surface area contributed by atoms with E-state index in [1.165, 1.54) is 0 Å². The smallest absolute Gasteiger partial charge is 0.452 e. The molecule has 0 aromatic carbocycles.